The minimum atomic E-state index is -0.139. The average Bonchev–Trinajstić information content (AvgIpc) is 2.56. The van der Waals surface area contributed by atoms with Crippen LogP contribution in [0.25, 0.3) is 0 Å². The predicted octanol–water partition coefficient (Wildman–Crippen LogP) is 1.79. The molecule has 0 bridgehead atoms. The predicted molar refractivity (Wildman–Crippen MR) is 64.5 cm³/mol. The van der Waals surface area contributed by atoms with Gasteiger partial charge >= 0.3 is 0 Å². The van der Waals surface area contributed by atoms with E-state index in [1.165, 1.54) is 19.3 Å². The summed E-state index contributed by atoms with van der Waals surface area (Å²) in [6.45, 7) is 3.02. The Hall–Kier alpha value is -0.120. The summed E-state index contributed by atoms with van der Waals surface area (Å²) in [6.07, 6.45) is 7.12. The molecule has 3 nitrogen and oxygen atoms in total. The van der Waals surface area contributed by atoms with E-state index in [0.717, 1.165) is 25.9 Å². The van der Waals surface area contributed by atoms with Gasteiger partial charge in [0.05, 0.1) is 12.2 Å². The first kappa shape index (κ1) is 12.3. The molecule has 1 saturated heterocycles. The first-order chi connectivity index (χ1) is 7.70. The second kappa shape index (κ2) is 5.48. The van der Waals surface area contributed by atoms with E-state index < -0.39 is 0 Å². The van der Waals surface area contributed by atoms with Crippen molar-refractivity contribution in [2.24, 2.45) is 0 Å². The number of aliphatic hydroxyl groups is 1. The van der Waals surface area contributed by atoms with Gasteiger partial charge in [-0.15, -0.1) is 0 Å². The quantitative estimate of drug-likeness (QED) is 0.730. The minimum Gasteiger partial charge on any atom is -0.391 e. The van der Waals surface area contributed by atoms with Crippen LogP contribution in [0.4, 0.5) is 0 Å². The minimum absolute atomic E-state index is 0.139. The molecule has 0 spiro atoms. The molecule has 0 amide bonds. The lowest BCUT2D eigenvalue weighted by molar-refractivity contribution is 0.0124. The van der Waals surface area contributed by atoms with E-state index >= 15 is 0 Å². The van der Waals surface area contributed by atoms with Gasteiger partial charge in [0.25, 0.3) is 0 Å². The van der Waals surface area contributed by atoms with Crippen LogP contribution in [-0.4, -0.2) is 48.0 Å². The average molecular weight is 227 g/mol. The number of aliphatic hydroxyl groups excluding tert-OH is 1. The third-order valence-corrected chi connectivity index (χ3v) is 4.33. The monoisotopic (exact) mass is 227 g/mol. The highest BCUT2D eigenvalue weighted by atomic mass is 16.5. The first-order valence-corrected chi connectivity index (χ1v) is 6.71. The van der Waals surface area contributed by atoms with Gasteiger partial charge in [0.1, 0.15) is 0 Å². The van der Waals surface area contributed by atoms with E-state index in [1.54, 1.807) is 0 Å². The largest absolute Gasteiger partial charge is 0.391 e. The van der Waals surface area contributed by atoms with Crippen LogP contribution in [0.1, 0.15) is 45.4 Å². The number of nitrogens with zero attached hydrogens (tertiary/aromatic N) is 1. The Labute approximate surface area is 98.8 Å². The van der Waals surface area contributed by atoms with E-state index in [9.17, 15) is 5.11 Å². The topological polar surface area (TPSA) is 32.7 Å². The SMILES string of the molecule is CC1OCCC1N(C)C1CCCCCC1O. The van der Waals surface area contributed by atoms with E-state index in [2.05, 4.69) is 18.9 Å². The molecule has 94 valence electrons. The molecule has 3 heteroatoms. The Morgan fingerprint density at radius 2 is 1.81 bits per heavy atom. The fourth-order valence-electron chi connectivity index (χ4n) is 3.24. The van der Waals surface area contributed by atoms with Crippen molar-refractivity contribution in [2.75, 3.05) is 13.7 Å². The van der Waals surface area contributed by atoms with Crippen LogP contribution in [0.2, 0.25) is 0 Å². The molecule has 1 aliphatic carbocycles. The Balaban J connectivity index is 1.98. The molecule has 2 aliphatic rings. The first-order valence-electron chi connectivity index (χ1n) is 6.71. The molecular formula is C13H25NO2. The second-order valence-electron chi connectivity index (χ2n) is 5.37. The van der Waals surface area contributed by atoms with E-state index in [0.29, 0.717) is 18.2 Å². The molecule has 0 aromatic heterocycles. The van der Waals surface area contributed by atoms with Gasteiger partial charge in [0.15, 0.2) is 0 Å². The van der Waals surface area contributed by atoms with Crippen molar-refractivity contribution in [3.8, 4) is 0 Å². The zero-order valence-electron chi connectivity index (χ0n) is 10.6. The van der Waals surface area contributed by atoms with Crippen LogP contribution in [0.15, 0.2) is 0 Å². The lowest BCUT2D eigenvalue weighted by Crippen LogP contribution is -2.48. The summed E-state index contributed by atoms with van der Waals surface area (Å²) in [5.74, 6) is 0. The van der Waals surface area contributed by atoms with Gasteiger partial charge in [-0.2, -0.15) is 0 Å². The maximum atomic E-state index is 10.2. The van der Waals surface area contributed by atoms with Crippen LogP contribution in [0, 0.1) is 0 Å². The van der Waals surface area contributed by atoms with Crippen molar-refractivity contribution >= 4 is 0 Å². The fourth-order valence-corrected chi connectivity index (χ4v) is 3.24. The Bertz CT molecular complexity index is 222. The summed E-state index contributed by atoms with van der Waals surface area (Å²) in [7, 11) is 2.16. The molecule has 0 aromatic carbocycles. The molecule has 16 heavy (non-hydrogen) atoms. The molecule has 4 atom stereocenters. The van der Waals surface area contributed by atoms with Crippen molar-refractivity contribution in [3.05, 3.63) is 0 Å². The summed E-state index contributed by atoms with van der Waals surface area (Å²) in [5, 5.41) is 10.2. The fraction of sp³-hybridized carbons (Fsp3) is 1.00. The number of hydrogen-bond acceptors (Lipinski definition) is 3. The van der Waals surface area contributed by atoms with Gasteiger partial charge in [-0.25, -0.2) is 0 Å². The normalized spacial score (nSPS) is 41.2. The maximum absolute atomic E-state index is 10.2. The van der Waals surface area contributed by atoms with Crippen molar-refractivity contribution in [3.63, 3.8) is 0 Å². The van der Waals surface area contributed by atoms with Crippen LogP contribution >= 0.6 is 0 Å². The summed E-state index contributed by atoms with van der Waals surface area (Å²) in [6, 6.07) is 0.842. The van der Waals surface area contributed by atoms with E-state index in [-0.39, 0.29) is 6.10 Å². The summed E-state index contributed by atoms with van der Waals surface area (Å²) in [5.41, 5.74) is 0. The zero-order chi connectivity index (χ0) is 11.5. The highest BCUT2D eigenvalue weighted by molar-refractivity contribution is 4.88. The molecule has 2 rings (SSSR count). The Kier molecular flexibility index (Phi) is 4.22. The summed E-state index contributed by atoms with van der Waals surface area (Å²) < 4.78 is 5.62. The van der Waals surface area contributed by atoms with Gasteiger partial charge in [0.2, 0.25) is 0 Å². The molecule has 2 fully saturated rings. The van der Waals surface area contributed by atoms with Crippen LogP contribution in [0.5, 0.6) is 0 Å². The van der Waals surface area contributed by atoms with Crippen molar-refractivity contribution < 1.29 is 9.84 Å². The van der Waals surface area contributed by atoms with Gasteiger partial charge in [-0.1, -0.05) is 19.3 Å². The molecule has 1 saturated carbocycles. The standard InChI is InChI=1S/C13H25NO2/c1-10-11(8-9-16-10)14(2)12-6-4-3-5-7-13(12)15/h10-13,15H,3-9H2,1-2H3. The molecular weight excluding hydrogens is 202 g/mol. The molecule has 1 N–H and O–H groups in total. The molecule has 4 unspecified atom stereocenters. The van der Waals surface area contributed by atoms with Crippen molar-refractivity contribution in [1.82, 2.24) is 4.90 Å². The smallest absolute Gasteiger partial charge is 0.0703 e. The van der Waals surface area contributed by atoms with Crippen LogP contribution in [-0.2, 0) is 4.74 Å². The lowest BCUT2D eigenvalue weighted by Gasteiger charge is -2.36. The highest BCUT2D eigenvalue weighted by Crippen LogP contribution is 2.27. The molecule has 0 radical (unpaired) electrons. The van der Waals surface area contributed by atoms with Gasteiger partial charge in [-0.05, 0) is 33.2 Å². The molecule has 1 aliphatic heterocycles. The van der Waals surface area contributed by atoms with Gasteiger partial charge < -0.3 is 9.84 Å². The van der Waals surface area contributed by atoms with Crippen molar-refractivity contribution in [2.45, 2.75) is 69.7 Å². The second-order valence-corrected chi connectivity index (χ2v) is 5.37. The van der Waals surface area contributed by atoms with Crippen molar-refractivity contribution in [1.29, 1.82) is 0 Å². The summed E-state index contributed by atoms with van der Waals surface area (Å²) in [4.78, 5) is 2.38. The molecule has 0 aromatic rings. The number of hydrogen-bond donors (Lipinski definition) is 1. The van der Waals surface area contributed by atoms with E-state index in [4.69, 9.17) is 4.74 Å². The Morgan fingerprint density at radius 1 is 1.06 bits per heavy atom. The Morgan fingerprint density at radius 3 is 2.50 bits per heavy atom. The van der Waals surface area contributed by atoms with Crippen LogP contribution < -0.4 is 0 Å². The summed E-state index contributed by atoms with van der Waals surface area (Å²) >= 11 is 0. The third kappa shape index (κ3) is 2.58. The zero-order valence-corrected chi connectivity index (χ0v) is 10.6. The number of ether oxygens (including phenoxy) is 1. The van der Waals surface area contributed by atoms with Gasteiger partial charge in [0, 0.05) is 18.7 Å². The highest BCUT2D eigenvalue weighted by Gasteiger charge is 2.34. The van der Waals surface area contributed by atoms with E-state index in [1.807, 2.05) is 0 Å². The van der Waals surface area contributed by atoms with Gasteiger partial charge in [-0.3, -0.25) is 4.90 Å². The van der Waals surface area contributed by atoms with Crippen LogP contribution in [0.3, 0.4) is 0 Å². The lowest BCUT2D eigenvalue weighted by atomic mass is 10.0. The number of rotatable bonds is 2. The number of likely N-dealkylation sites (N-methyl/N-ethyl adjacent to an activating group) is 1. The molecule has 1 heterocycles. The maximum Gasteiger partial charge on any atom is 0.0703 e. The third-order valence-electron chi connectivity index (χ3n) is 4.33.